The normalized spacial score (nSPS) is 13.3. The summed E-state index contributed by atoms with van der Waals surface area (Å²) in [6.07, 6.45) is -0.454. The first kappa shape index (κ1) is 10.9. The lowest BCUT2D eigenvalue weighted by Gasteiger charge is -2.05. The van der Waals surface area contributed by atoms with E-state index in [0.29, 0.717) is 0 Å². The molecule has 0 spiro atoms. The second kappa shape index (κ2) is 4.07. The molecule has 0 heterocycles. The number of hydrogen-bond donors (Lipinski definition) is 1. The predicted molar refractivity (Wildman–Crippen MR) is 41.1 cm³/mol. The number of nitriles is 1. The van der Waals surface area contributed by atoms with Gasteiger partial charge >= 0.3 is 5.97 Å². The van der Waals surface area contributed by atoms with Gasteiger partial charge in [-0.05, 0) is 6.92 Å². The maximum Gasteiger partial charge on any atom is 0.304 e. The monoisotopic (exact) mass is 191 g/mol. The van der Waals surface area contributed by atoms with Gasteiger partial charge in [-0.15, -0.1) is 0 Å². The molecule has 6 heteroatoms. The fourth-order valence-corrected chi connectivity index (χ4v) is 1.47. The molecule has 0 aromatic heterocycles. The van der Waals surface area contributed by atoms with Crippen LogP contribution in [0.15, 0.2) is 0 Å². The molecule has 0 saturated heterocycles. The topological polar surface area (TPSA) is 95.2 Å². The minimum Gasteiger partial charge on any atom is -0.481 e. The Morgan fingerprint density at radius 3 is 2.50 bits per heavy atom. The molecule has 68 valence electrons. The van der Waals surface area contributed by atoms with E-state index in [9.17, 15) is 13.2 Å². The van der Waals surface area contributed by atoms with Crippen molar-refractivity contribution < 1.29 is 18.3 Å². The molecule has 0 fully saturated rings. The number of nitrogens with zero attached hydrogens (tertiary/aromatic N) is 1. The molecule has 0 aliphatic heterocycles. The Kier molecular flexibility index (Phi) is 3.70. The Morgan fingerprint density at radius 2 is 2.17 bits per heavy atom. The van der Waals surface area contributed by atoms with E-state index in [4.69, 9.17) is 10.4 Å². The first-order valence-corrected chi connectivity index (χ1v) is 4.92. The minimum atomic E-state index is -3.55. The average Bonchev–Trinajstić information content (AvgIpc) is 1.85. The summed E-state index contributed by atoms with van der Waals surface area (Å²) in [6.45, 7) is 1.28. The number of carbonyl (C=O) groups is 1. The fraction of sp³-hybridized carbons (Fsp3) is 0.667. The Hall–Kier alpha value is -1.09. The fourth-order valence-electron chi connectivity index (χ4n) is 0.605. The number of aliphatic carboxylic acids is 1. The molecule has 1 atom stereocenters. The van der Waals surface area contributed by atoms with Crippen molar-refractivity contribution in [2.24, 2.45) is 0 Å². The van der Waals surface area contributed by atoms with Gasteiger partial charge in [-0.3, -0.25) is 4.79 Å². The summed E-state index contributed by atoms with van der Waals surface area (Å²) < 4.78 is 22.0. The van der Waals surface area contributed by atoms with Crippen LogP contribution in [-0.4, -0.2) is 30.5 Å². The molecule has 0 amide bonds. The maximum absolute atomic E-state index is 11.0. The zero-order valence-corrected chi connectivity index (χ0v) is 7.34. The molecule has 0 aromatic rings. The van der Waals surface area contributed by atoms with Crippen molar-refractivity contribution in [3.05, 3.63) is 0 Å². The summed E-state index contributed by atoms with van der Waals surface area (Å²) in [6, 6.07) is 1.48. The smallest absolute Gasteiger partial charge is 0.304 e. The van der Waals surface area contributed by atoms with Gasteiger partial charge in [0.1, 0.15) is 5.75 Å². The molecule has 0 bridgehead atoms. The Labute approximate surface area is 70.5 Å². The van der Waals surface area contributed by atoms with E-state index in [2.05, 4.69) is 0 Å². The Balaban J connectivity index is 4.39. The van der Waals surface area contributed by atoms with Crippen LogP contribution >= 0.6 is 0 Å². The molecule has 1 N–H and O–H groups in total. The zero-order valence-electron chi connectivity index (χ0n) is 6.52. The van der Waals surface area contributed by atoms with Gasteiger partial charge in [-0.2, -0.15) is 5.26 Å². The average molecular weight is 191 g/mol. The second-order valence-electron chi connectivity index (χ2n) is 2.37. The summed E-state index contributed by atoms with van der Waals surface area (Å²) >= 11 is 0. The highest BCUT2D eigenvalue weighted by molar-refractivity contribution is 7.92. The molecule has 0 radical (unpaired) electrons. The van der Waals surface area contributed by atoms with E-state index in [1.54, 1.807) is 0 Å². The molecular weight excluding hydrogens is 182 g/mol. The van der Waals surface area contributed by atoms with Gasteiger partial charge in [0, 0.05) is 0 Å². The predicted octanol–water partition coefficient (Wildman–Crippen LogP) is -0.212. The van der Waals surface area contributed by atoms with E-state index in [-0.39, 0.29) is 0 Å². The molecule has 0 saturated carbocycles. The van der Waals surface area contributed by atoms with Gasteiger partial charge in [0.15, 0.2) is 9.84 Å². The maximum atomic E-state index is 11.0. The van der Waals surface area contributed by atoms with E-state index in [1.807, 2.05) is 0 Å². The van der Waals surface area contributed by atoms with Gasteiger partial charge in [0.2, 0.25) is 0 Å². The van der Waals surface area contributed by atoms with Gasteiger partial charge in [0.25, 0.3) is 0 Å². The van der Waals surface area contributed by atoms with Crippen LogP contribution in [0.2, 0.25) is 0 Å². The highest BCUT2D eigenvalue weighted by Gasteiger charge is 2.22. The van der Waals surface area contributed by atoms with Crippen molar-refractivity contribution in [2.45, 2.75) is 18.6 Å². The third-order valence-corrected chi connectivity index (χ3v) is 3.27. The highest BCUT2D eigenvalue weighted by Crippen LogP contribution is 2.05. The summed E-state index contributed by atoms with van der Waals surface area (Å²) in [7, 11) is -3.55. The van der Waals surface area contributed by atoms with E-state index >= 15 is 0 Å². The van der Waals surface area contributed by atoms with E-state index in [0.717, 1.165) is 0 Å². The quantitative estimate of drug-likeness (QED) is 0.663. The third kappa shape index (κ3) is 3.34. The molecule has 5 nitrogen and oxygen atoms in total. The van der Waals surface area contributed by atoms with Gasteiger partial charge < -0.3 is 5.11 Å². The van der Waals surface area contributed by atoms with Gasteiger partial charge in [-0.1, -0.05) is 0 Å². The van der Waals surface area contributed by atoms with Crippen LogP contribution < -0.4 is 0 Å². The first-order valence-electron chi connectivity index (χ1n) is 3.20. The molecule has 12 heavy (non-hydrogen) atoms. The first-order chi connectivity index (χ1) is 5.40. The number of hydrogen-bond acceptors (Lipinski definition) is 4. The summed E-state index contributed by atoms with van der Waals surface area (Å²) in [4.78, 5) is 10.1. The van der Waals surface area contributed by atoms with Crippen LogP contribution in [0.25, 0.3) is 0 Å². The van der Waals surface area contributed by atoms with Crippen LogP contribution in [0.3, 0.4) is 0 Å². The number of carboxylic acid groups (broad SMARTS) is 1. The largest absolute Gasteiger partial charge is 0.481 e. The van der Waals surface area contributed by atoms with Crippen molar-refractivity contribution >= 4 is 15.8 Å². The lowest BCUT2D eigenvalue weighted by Crippen LogP contribution is -2.23. The van der Waals surface area contributed by atoms with Gasteiger partial charge in [-0.25, -0.2) is 8.42 Å². The highest BCUT2D eigenvalue weighted by atomic mass is 32.2. The van der Waals surface area contributed by atoms with Crippen molar-refractivity contribution in [2.75, 3.05) is 5.75 Å². The molecule has 0 rings (SSSR count). The van der Waals surface area contributed by atoms with Crippen LogP contribution in [-0.2, 0) is 14.6 Å². The summed E-state index contributed by atoms with van der Waals surface area (Å²) in [5, 5.41) is 15.4. The molecule has 0 aliphatic carbocycles. The number of carboxylic acids is 1. The van der Waals surface area contributed by atoms with E-state index in [1.165, 1.54) is 13.0 Å². The standard InChI is InChI=1S/C6H9NO4S/c1-5(4-6(8)9)12(10,11)3-2-7/h5H,3-4H2,1H3,(H,8,9). The molecular formula is C6H9NO4S. The van der Waals surface area contributed by atoms with Crippen LogP contribution in [0.1, 0.15) is 13.3 Å². The summed E-state index contributed by atoms with van der Waals surface area (Å²) in [5.74, 6) is -1.80. The van der Waals surface area contributed by atoms with Gasteiger partial charge in [0.05, 0.1) is 17.7 Å². The van der Waals surface area contributed by atoms with Crippen molar-refractivity contribution in [3.8, 4) is 6.07 Å². The van der Waals surface area contributed by atoms with Crippen LogP contribution in [0, 0.1) is 11.3 Å². The molecule has 1 unspecified atom stereocenters. The minimum absolute atomic E-state index is 0.454. The third-order valence-electron chi connectivity index (χ3n) is 1.34. The Bertz CT molecular complexity index is 300. The molecule has 0 aliphatic rings. The van der Waals surface area contributed by atoms with Crippen LogP contribution in [0.5, 0.6) is 0 Å². The molecule has 0 aromatic carbocycles. The SMILES string of the molecule is CC(CC(=O)O)S(=O)(=O)CC#N. The van der Waals surface area contributed by atoms with Crippen molar-refractivity contribution in [1.29, 1.82) is 5.26 Å². The van der Waals surface area contributed by atoms with Crippen molar-refractivity contribution in [3.63, 3.8) is 0 Å². The number of sulfone groups is 1. The van der Waals surface area contributed by atoms with Crippen molar-refractivity contribution in [1.82, 2.24) is 0 Å². The van der Waals surface area contributed by atoms with Crippen LogP contribution in [0.4, 0.5) is 0 Å². The lowest BCUT2D eigenvalue weighted by atomic mass is 10.3. The lowest BCUT2D eigenvalue weighted by molar-refractivity contribution is -0.136. The second-order valence-corrected chi connectivity index (χ2v) is 4.79. The zero-order chi connectivity index (χ0) is 9.78. The number of rotatable bonds is 4. The summed E-state index contributed by atoms with van der Waals surface area (Å²) in [5.41, 5.74) is 0. The van der Waals surface area contributed by atoms with E-state index < -0.39 is 33.2 Å². The Morgan fingerprint density at radius 1 is 1.67 bits per heavy atom.